The van der Waals surface area contributed by atoms with Gasteiger partial charge >= 0.3 is 5.97 Å². The van der Waals surface area contributed by atoms with E-state index in [0.717, 1.165) is 0 Å². The van der Waals surface area contributed by atoms with Crippen molar-refractivity contribution in [1.29, 1.82) is 0 Å². The number of rotatable bonds is 3. The van der Waals surface area contributed by atoms with Gasteiger partial charge in [0.2, 0.25) is 0 Å². The molecule has 4 nitrogen and oxygen atoms in total. The predicted octanol–water partition coefficient (Wildman–Crippen LogP) is 2.51. The molecule has 0 amide bonds. The van der Waals surface area contributed by atoms with E-state index >= 15 is 0 Å². The Kier molecular flexibility index (Phi) is 2.90. The van der Waals surface area contributed by atoms with Crippen molar-refractivity contribution in [3.8, 4) is 11.1 Å². The van der Waals surface area contributed by atoms with Gasteiger partial charge in [0, 0.05) is 17.3 Å². The number of hydrogen-bond acceptors (Lipinski definition) is 2. The summed E-state index contributed by atoms with van der Waals surface area (Å²) in [5.41, 5.74) is -0.198. The second kappa shape index (κ2) is 4.25. The molecule has 0 spiro atoms. The van der Waals surface area contributed by atoms with Gasteiger partial charge in [-0.05, 0) is 19.9 Å². The summed E-state index contributed by atoms with van der Waals surface area (Å²) in [6.45, 7) is 3.07. The summed E-state index contributed by atoms with van der Waals surface area (Å²) >= 11 is 0. The molecule has 0 fully saturated rings. The first-order valence-corrected chi connectivity index (χ1v) is 5.46. The molecular formula is C13H13FN2O2. The maximum atomic E-state index is 13.6. The molecule has 18 heavy (non-hydrogen) atoms. The van der Waals surface area contributed by atoms with Crippen LogP contribution in [0.25, 0.3) is 11.1 Å². The Bertz CT molecular complexity index is 590. The molecule has 0 unspecified atom stereocenters. The quantitative estimate of drug-likeness (QED) is 0.908. The van der Waals surface area contributed by atoms with Crippen molar-refractivity contribution in [2.45, 2.75) is 19.4 Å². The fourth-order valence-electron chi connectivity index (χ4n) is 1.56. The molecule has 0 aliphatic rings. The molecule has 0 bridgehead atoms. The van der Waals surface area contributed by atoms with Crippen LogP contribution < -0.4 is 0 Å². The first-order chi connectivity index (χ1) is 8.43. The standard InChI is InChI=1S/C13H13FN2O2/c1-13(2,12(17)18)16-8-9(7-15-16)10-5-3-4-6-11(10)14/h3-8H,1-2H3,(H,17,18). The van der Waals surface area contributed by atoms with Gasteiger partial charge in [0.25, 0.3) is 0 Å². The second-order valence-electron chi connectivity index (χ2n) is 4.52. The average molecular weight is 248 g/mol. The monoisotopic (exact) mass is 248 g/mol. The van der Waals surface area contributed by atoms with Crippen LogP contribution in [0.5, 0.6) is 0 Å². The molecule has 0 aliphatic heterocycles. The first kappa shape index (κ1) is 12.3. The van der Waals surface area contributed by atoms with E-state index in [1.165, 1.54) is 37.0 Å². The zero-order chi connectivity index (χ0) is 13.3. The molecule has 5 heteroatoms. The number of aliphatic carboxylic acids is 1. The first-order valence-electron chi connectivity index (χ1n) is 5.46. The number of carbonyl (C=O) groups is 1. The normalized spacial score (nSPS) is 11.5. The largest absolute Gasteiger partial charge is 0.479 e. The molecule has 0 saturated carbocycles. The number of carboxylic acids is 1. The van der Waals surface area contributed by atoms with Gasteiger partial charge in [-0.15, -0.1) is 0 Å². The molecule has 2 rings (SSSR count). The Morgan fingerprint density at radius 2 is 2.06 bits per heavy atom. The Balaban J connectivity index is 2.44. The fraction of sp³-hybridized carbons (Fsp3) is 0.231. The molecule has 1 N–H and O–H groups in total. The van der Waals surface area contributed by atoms with E-state index in [4.69, 9.17) is 5.11 Å². The Morgan fingerprint density at radius 1 is 1.39 bits per heavy atom. The van der Waals surface area contributed by atoms with Crippen molar-refractivity contribution >= 4 is 5.97 Å². The molecule has 1 aromatic heterocycles. The van der Waals surface area contributed by atoms with Gasteiger partial charge in [-0.1, -0.05) is 18.2 Å². The van der Waals surface area contributed by atoms with Crippen molar-refractivity contribution in [1.82, 2.24) is 9.78 Å². The average Bonchev–Trinajstić information content (AvgIpc) is 2.79. The number of carboxylic acid groups (broad SMARTS) is 1. The molecule has 1 heterocycles. The lowest BCUT2D eigenvalue weighted by atomic mass is 10.1. The van der Waals surface area contributed by atoms with E-state index in [1.807, 2.05) is 0 Å². The van der Waals surface area contributed by atoms with Crippen LogP contribution in [0, 0.1) is 5.82 Å². The Hall–Kier alpha value is -2.17. The van der Waals surface area contributed by atoms with E-state index in [1.54, 1.807) is 18.2 Å². The lowest BCUT2D eigenvalue weighted by Gasteiger charge is -2.19. The summed E-state index contributed by atoms with van der Waals surface area (Å²) in [6.07, 6.45) is 3.00. The molecule has 94 valence electrons. The van der Waals surface area contributed by atoms with E-state index in [0.29, 0.717) is 11.1 Å². The van der Waals surface area contributed by atoms with Gasteiger partial charge in [0.05, 0.1) is 6.20 Å². The SMILES string of the molecule is CC(C)(C(=O)O)n1cc(-c2ccccc2F)cn1. The minimum atomic E-state index is -1.16. The third kappa shape index (κ3) is 1.99. The summed E-state index contributed by atoms with van der Waals surface area (Å²) in [6, 6.07) is 6.31. The fourth-order valence-corrected chi connectivity index (χ4v) is 1.56. The zero-order valence-electron chi connectivity index (χ0n) is 10.1. The van der Waals surface area contributed by atoms with E-state index in [9.17, 15) is 9.18 Å². The number of nitrogens with zero attached hydrogens (tertiary/aromatic N) is 2. The summed E-state index contributed by atoms with van der Waals surface area (Å²) < 4.78 is 14.9. The van der Waals surface area contributed by atoms with Gasteiger partial charge in [-0.25, -0.2) is 9.18 Å². The number of benzene rings is 1. The lowest BCUT2D eigenvalue weighted by Crippen LogP contribution is -2.35. The van der Waals surface area contributed by atoms with Crippen LogP contribution in [0.3, 0.4) is 0 Å². The van der Waals surface area contributed by atoms with Crippen molar-refractivity contribution < 1.29 is 14.3 Å². The summed E-state index contributed by atoms with van der Waals surface area (Å²) in [5, 5.41) is 13.1. The van der Waals surface area contributed by atoms with E-state index in [-0.39, 0.29) is 5.82 Å². The van der Waals surface area contributed by atoms with Crippen LogP contribution in [0.4, 0.5) is 4.39 Å². The van der Waals surface area contributed by atoms with Gasteiger partial charge in [-0.3, -0.25) is 4.68 Å². The van der Waals surface area contributed by atoms with Gasteiger partial charge in [0.15, 0.2) is 5.54 Å². The minimum Gasteiger partial charge on any atom is -0.479 e. The third-order valence-electron chi connectivity index (χ3n) is 2.86. The highest BCUT2D eigenvalue weighted by Gasteiger charge is 2.30. The van der Waals surface area contributed by atoms with Crippen LogP contribution in [-0.2, 0) is 10.3 Å². The number of hydrogen-bond donors (Lipinski definition) is 1. The van der Waals surface area contributed by atoms with Crippen molar-refractivity contribution in [2.24, 2.45) is 0 Å². The summed E-state index contributed by atoms with van der Waals surface area (Å²) in [4.78, 5) is 11.1. The predicted molar refractivity (Wildman–Crippen MR) is 64.6 cm³/mol. The van der Waals surface area contributed by atoms with Crippen molar-refractivity contribution in [2.75, 3.05) is 0 Å². The van der Waals surface area contributed by atoms with Crippen molar-refractivity contribution in [3.63, 3.8) is 0 Å². The number of aromatic nitrogens is 2. The highest BCUT2D eigenvalue weighted by Crippen LogP contribution is 2.24. The zero-order valence-corrected chi connectivity index (χ0v) is 10.1. The third-order valence-corrected chi connectivity index (χ3v) is 2.86. The van der Waals surface area contributed by atoms with Gasteiger partial charge < -0.3 is 5.11 Å². The number of halogens is 1. The maximum absolute atomic E-state index is 13.6. The summed E-state index contributed by atoms with van der Waals surface area (Å²) in [5.74, 6) is -1.35. The van der Waals surface area contributed by atoms with Gasteiger partial charge in [0.1, 0.15) is 5.82 Å². The highest BCUT2D eigenvalue weighted by molar-refractivity contribution is 5.76. The highest BCUT2D eigenvalue weighted by atomic mass is 19.1. The molecule has 0 aliphatic carbocycles. The van der Waals surface area contributed by atoms with Crippen LogP contribution in [0.2, 0.25) is 0 Å². The Labute approximate surface area is 104 Å². The van der Waals surface area contributed by atoms with E-state index in [2.05, 4.69) is 5.10 Å². The molecule has 1 aromatic carbocycles. The van der Waals surface area contributed by atoms with Crippen LogP contribution >= 0.6 is 0 Å². The van der Waals surface area contributed by atoms with Crippen LogP contribution in [-0.4, -0.2) is 20.9 Å². The molecule has 2 aromatic rings. The van der Waals surface area contributed by atoms with E-state index < -0.39 is 11.5 Å². The van der Waals surface area contributed by atoms with Crippen molar-refractivity contribution in [3.05, 3.63) is 42.5 Å². The Morgan fingerprint density at radius 3 is 2.67 bits per heavy atom. The maximum Gasteiger partial charge on any atom is 0.331 e. The summed E-state index contributed by atoms with van der Waals surface area (Å²) in [7, 11) is 0. The van der Waals surface area contributed by atoms with Crippen LogP contribution in [0.1, 0.15) is 13.8 Å². The lowest BCUT2D eigenvalue weighted by molar-refractivity contribution is -0.146. The molecule has 0 radical (unpaired) electrons. The van der Waals surface area contributed by atoms with Gasteiger partial charge in [-0.2, -0.15) is 5.10 Å². The molecule has 0 saturated heterocycles. The topological polar surface area (TPSA) is 55.1 Å². The molecule has 0 atom stereocenters. The smallest absolute Gasteiger partial charge is 0.331 e. The minimum absolute atomic E-state index is 0.356. The van der Waals surface area contributed by atoms with Crippen LogP contribution in [0.15, 0.2) is 36.7 Å². The molecular weight excluding hydrogens is 235 g/mol. The second-order valence-corrected chi connectivity index (χ2v) is 4.52.